The van der Waals surface area contributed by atoms with E-state index in [1.54, 1.807) is 0 Å². The third-order valence-corrected chi connectivity index (χ3v) is 4.91. The lowest BCUT2D eigenvalue weighted by Crippen LogP contribution is -1.90. The van der Waals surface area contributed by atoms with Gasteiger partial charge in [0.2, 0.25) is 0 Å². The Labute approximate surface area is 147 Å². The third-order valence-electron chi connectivity index (χ3n) is 4.60. The first-order valence-corrected chi connectivity index (χ1v) is 8.82. The third kappa shape index (κ3) is 3.07. The van der Waals surface area contributed by atoms with Crippen LogP contribution in [0.5, 0.6) is 0 Å². The molecule has 0 atom stereocenters. The molecule has 1 aliphatic carbocycles. The van der Waals surface area contributed by atoms with Crippen molar-refractivity contribution >= 4 is 11.6 Å². The number of rotatable bonds is 4. The lowest BCUT2D eigenvalue weighted by atomic mass is 10.0. The molecule has 4 rings (SSSR count). The van der Waals surface area contributed by atoms with E-state index in [9.17, 15) is 0 Å². The number of nitrogens with zero attached hydrogens (tertiary/aromatic N) is 2. The summed E-state index contributed by atoms with van der Waals surface area (Å²) in [7, 11) is 0. The van der Waals surface area contributed by atoms with Gasteiger partial charge in [-0.15, -0.1) is 0 Å². The van der Waals surface area contributed by atoms with E-state index in [-0.39, 0.29) is 0 Å². The number of hydrogen-bond donors (Lipinski definition) is 0. The Morgan fingerprint density at radius 3 is 2.58 bits per heavy atom. The fraction of sp³-hybridized carbons (Fsp3) is 0.238. The molecule has 2 nitrogen and oxygen atoms in total. The van der Waals surface area contributed by atoms with Crippen LogP contribution < -0.4 is 0 Å². The smallest absolute Gasteiger partial charge is 0.0487 e. The van der Waals surface area contributed by atoms with Crippen molar-refractivity contribution in [2.45, 2.75) is 32.1 Å². The van der Waals surface area contributed by atoms with E-state index in [1.165, 1.54) is 29.7 Å². The molecule has 0 aliphatic heterocycles. The molecule has 3 heteroatoms. The minimum absolute atomic E-state index is 0.650. The molecule has 3 aromatic rings. The van der Waals surface area contributed by atoms with E-state index in [1.807, 2.05) is 24.7 Å². The molecular weight excluding hydrogens is 316 g/mol. The van der Waals surface area contributed by atoms with Crippen LogP contribution >= 0.6 is 11.6 Å². The predicted molar refractivity (Wildman–Crippen MR) is 99.3 cm³/mol. The van der Waals surface area contributed by atoms with Crippen LogP contribution in [0.15, 0.2) is 55.0 Å². The van der Waals surface area contributed by atoms with E-state index in [2.05, 4.69) is 47.2 Å². The standard InChI is InChI=1S/C21H19ClN2/c1-2-14-3-6-19(20(22)9-14)18-10-17(12-23-13-18)16-7-8-24-21(11-16)15-4-5-15/h3,6-13,15H,2,4-5H2,1H3. The maximum Gasteiger partial charge on any atom is 0.0487 e. The Kier molecular flexibility index (Phi) is 4.07. The highest BCUT2D eigenvalue weighted by Crippen LogP contribution is 2.40. The van der Waals surface area contributed by atoms with Crippen LogP contribution in [0.2, 0.25) is 5.02 Å². The highest BCUT2D eigenvalue weighted by Gasteiger charge is 2.25. The Morgan fingerprint density at radius 1 is 1.00 bits per heavy atom. The molecule has 1 saturated carbocycles. The summed E-state index contributed by atoms with van der Waals surface area (Å²) in [5.74, 6) is 0.650. The number of benzene rings is 1. The van der Waals surface area contributed by atoms with E-state index in [0.29, 0.717) is 5.92 Å². The van der Waals surface area contributed by atoms with E-state index >= 15 is 0 Å². The number of aryl methyl sites for hydroxylation is 1. The summed E-state index contributed by atoms with van der Waals surface area (Å²) < 4.78 is 0. The summed E-state index contributed by atoms with van der Waals surface area (Å²) in [6.45, 7) is 2.13. The van der Waals surface area contributed by atoms with Gasteiger partial charge in [-0.3, -0.25) is 9.97 Å². The quantitative estimate of drug-likeness (QED) is 0.593. The molecule has 0 N–H and O–H groups in total. The number of pyridine rings is 2. The van der Waals surface area contributed by atoms with Crippen LogP contribution in [-0.4, -0.2) is 9.97 Å². The second kappa shape index (κ2) is 6.37. The maximum atomic E-state index is 6.48. The Balaban J connectivity index is 1.72. The molecule has 120 valence electrons. The van der Waals surface area contributed by atoms with E-state index < -0.39 is 0 Å². The van der Waals surface area contributed by atoms with Crippen molar-refractivity contribution in [1.82, 2.24) is 9.97 Å². The van der Waals surface area contributed by atoms with Crippen molar-refractivity contribution in [3.05, 3.63) is 71.3 Å². The molecule has 0 bridgehead atoms. The highest BCUT2D eigenvalue weighted by molar-refractivity contribution is 6.33. The summed E-state index contributed by atoms with van der Waals surface area (Å²) in [5, 5.41) is 0.779. The molecule has 0 radical (unpaired) electrons. The second-order valence-corrected chi connectivity index (χ2v) is 6.78. The summed E-state index contributed by atoms with van der Waals surface area (Å²) in [5.41, 5.74) is 6.79. The van der Waals surface area contributed by atoms with Gasteiger partial charge < -0.3 is 0 Å². The minimum Gasteiger partial charge on any atom is -0.263 e. The Bertz CT molecular complexity index is 885. The molecule has 2 heterocycles. The molecule has 1 fully saturated rings. The summed E-state index contributed by atoms with van der Waals surface area (Å²) in [6, 6.07) is 12.7. The van der Waals surface area contributed by atoms with Crippen LogP contribution in [0.3, 0.4) is 0 Å². The lowest BCUT2D eigenvalue weighted by molar-refractivity contribution is 1.02. The van der Waals surface area contributed by atoms with Gasteiger partial charge in [0, 0.05) is 51.9 Å². The second-order valence-electron chi connectivity index (χ2n) is 6.37. The topological polar surface area (TPSA) is 25.8 Å². The first kappa shape index (κ1) is 15.3. The average molecular weight is 335 g/mol. The molecule has 1 aliphatic rings. The maximum absolute atomic E-state index is 6.48. The van der Waals surface area contributed by atoms with Gasteiger partial charge in [-0.25, -0.2) is 0 Å². The van der Waals surface area contributed by atoms with Crippen molar-refractivity contribution in [2.24, 2.45) is 0 Å². The summed E-state index contributed by atoms with van der Waals surface area (Å²) >= 11 is 6.48. The summed E-state index contributed by atoms with van der Waals surface area (Å²) in [4.78, 5) is 8.93. The monoisotopic (exact) mass is 334 g/mol. The van der Waals surface area contributed by atoms with Crippen LogP contribution in [-0.2, 0) is 6.42 Å². The zero-order valence-electron chi connectivity index (χ0n) is 13.7. The van der Waals surface area contributed by atoms with E-state index in [4.69, 9.17) is 11.6 Å². The van der Waals surface area contributed by atoms with Gasteiger partial charge in [-0.05, 0) is 54.7 Å². The zero-order chi connectivity index (χ0) is 16.5. The molecule has 0 spiro atoms. The van der Waals surface area contributed by atoms with Gasteiger partial charge in [-0.2, -0.15) is 0 Å². The molecule has 1 aromatic carbocycles. The fourth-order valence-corrected chi connectivity index (χ4v) is 3.30. The van der Waals surface area contributed by atoms with Gasteiger partial charge in [-0.1, -0.05) is 30.7 Å². The number of hydrogen-bond acceptors (Lipinski definition) is 2. The predicted octanol–water partition coefficient (Wildman–Crippen LogP) is 5.90. The molecule has 0 saturated heterocycles. The SMILES string of the molecule is CCc1ccc(-c2cncc(-c3ccnc(C4CC4)c3)c2)c(Cl)c1. The average Bonchev–Trinajstić information content (AvgIpc) is 3.47. The van der Waals surface area contributed by atoms with Crippen molar-refractivity contribution in [3.8, 4) is 22.3 Å². The Hall–Kier alpha value is -2.19. The molecular formula is C21H19ClN2. The molecule has 24 heavy (non-hydrogen) atoms. The zero-order valence-corrected chi connectivity index (χ0v) is 14.4. The van der Waals surface area contributed by atoms with Crippen LogP contribution in [0, 0.1) is 0 Å². The van der Waals surface area contributed by atoms with Crippen molar-refractivity contribution in [1.29, 1.82) is 0 Å². The lowest BCUT2D eigenvalue weighted by Gasteiger charge is -2.09. The number of halogens is 1. The van der Waals surface area contributed by atoms with Gasteiger partial charge in [0.1, 0.15) is 0 Å². The van der Waals surface area contributed by atoms with Gasteiger partial charge in [0.25, 0.3) is 0 Å². The molecule has 2 aromatic heterocycles. The van der Waals surface area contributed by atoms with Crippen molar-refractivity contribution in [2.75, 3.05) is 0 Å². The fourth-order valence-electron chi connectivity index (χ4n) is 2.99. The van der Waals surface area contributed by atoms with Gasteiger partial charge >= 0.3 is 0 Å². The highest BCUT2D eigenvalue weighted by atomic mass is 35.5. The molecule has 0 amide bonds. The van der Waals surface area contributed by atoms with Crippen molar-refractivity contribution in [3.63, 3.8) is 0 Å². The first-order chi connectivity index (χ1) is 11.7. The van der Waals surface area contributed by atoms with Gasteiger partial charge in [0.15, 0.2) is 0 Å². The largest absolute Gasteiger partial charge is 0.263 e. The Morgan fingerprint density at radius 2 is 1.83 bits per heavy atom. The van der Waals surface area contributed by atoms with E-state index in [0.717, 1.165) is 28.1 Å². The van der Waals surface area contributed by atoms with Crippen LogP contribution in [0.1, 0.15) is 36.9 Å². The van der Waals surface area contributed by atoms with Crippen molar-refractivity contribution < 1.29 is 0 Å². The minimum atomic E-state index is 0.650. The summed E-state index contributed by atoms with van der Waals surface area (Å²) in [6.07, 6.45) is 9.18. The molecule has 0 unspecified atom stereocenters. The van der Waals surface area contributed by atoms with Crippen LogP contribution in [0.4, 0.5) is 0 Å². The number of aromatic nitrogens is 2. The van der Waals surface area contributed by atoms with Gasteiger partial charge in [0.05, 0.1) is 0 Å². The van der Waals surface area contributed by atoms with Crippen LogP contribution in [0.25, 0.3) is 22.3 Å². The normalized spacial score (nSPS) is 13.9. The first-order valence-electron chi connectivity index (χ1n) is 8.45.